The average molecular weight is 262 g/mol. The fraction of sp³-hybridized carbons (Fsp3) is 0.625. The highest BCUT2D eigenvalue weighted by molar-refractivity contribution is 5.39. The van der Waals surface area contributed by atoms with Gasteiger partial charge in [0.2, 0.25) is 0 Å². The van der Waals surface area contributed by atoms with Crippen LogP contribution in [0.2, 0.25) is 0 Å². The van der Waals surface area contributed by atoms with Crippen molar-refractivity contribution >= 4 is 0 Å². The van der Waals surface area contributed by atoms with Crippen molar-refractivity contribution in [2.45, 2.75) is 57.3 Å². The van der Waals surface area contributed by atoms with E-state index in [2.05, 4.69) is 25.1 Å². The molecule has 1 N–H and O–H groups in total. The molecule has 3 unspecified atom stereocenters. The largest absolute Gasteiger partial charge is 0.493 e. The molecule has 2 aliphatic rings. The minimum atomic E-state index is -0.338. The molecule has 1 aromatic carbocycles. The van der Waals surface area contributed by atoms with Gasteiger partial charge in [0.25, 0.3) is 0 Å². The van der Waals surface area contributed by atoms with Crippen LogP contribution in [0.3, 0.4) is 0 Å². The van der Waals surface area contributed by atoms with Crippen molar-refractivity contribution in [3.63, 3.8) is 0 Å². The van der Waals surface area contributed by atoms with Gasteiger partial charge in [-0.05, 0) is 49.8 Å². The molecule has 19 heavy (non-hydrogen) atoms. The Hall–Kier alpha value is -1.06. The first kappa shape index (κ1) is 12.9. The number of aliphatic hydroxyl groups is 1. The maximum atomic E-state index is 10.2. The van der Waals surface area contributed by atoms with E-state index in [1.54, 1.807) is 0 Å². The monoisotopic (exact) mass is 262 g/mol. The first-order valence-electron chi connectivity index (χ1n) is 7.30. The second-order valence-electron chi connectivity index (χ2n) is 5.71. The van der Waals surface area contributed by atoms with E-state index in [1.807, 2.05) is 0 Å². The van der Waals surface area contributed by atoms with Gasteiger partial charge in [0.1, 0.15) is 5.75 Å². The molecule has 3 heteroatoms. The van der Waals surface area contributed by atoms with Gasteiger partial charge in [-0.15, -0.1) is 0 Å². The average Bonchev–Trinajstić information content (AvgIpc) is 3.03. The first-order chi connectivity index (χ1) is 9.22. The van der Waals surface area contributed by atoms with E-state index >= 15 is 0 Å². The molecule has 2 heterocycles. The lowest BCUT2D eigenvalue weighted by molar-refractivity contribution is -0.0312. The van der Waals surface area contributed by atoms with Gasteiger partial charge in [-0.1, -0.05) is 12.1 Å². The molecule has 3 rings (SSSR count). The summed E-state index contributed by atoms with van der Waals surface area (Å²) in [6.07, 6.45) is 4.74. The van der Waals surface area contributed by atoms with Crippen LogP contribution < -0.4 is 4.74 Å². The van der Waals surface area contributed by atoms with Gasteiger partial charge >= 0.3 is 0 Å². The lowest BCUT2D eigenvalue weighted by Crippen LogP contribution is -2.26. The Bertz CT molecular complexity index is 444. The molecule has 104 valence electrons. The highest BCUT2D eigenvalue weighted by Gasteiger charge is 2.28. The third kappa shape index (κ3) is 2.93. The fourth-order valence-corrected chi connectivity index (χ4v) is 3.01. The zero-order valence-electron chi connectivity index (χ0n) is 11.5. The number of aliphatic hydroxyl groups excluding tert-OH is 1. The van der Waals surface area contributed by atoms with Crippen LogP contribution in [0.5, 0.6) is 5.75 Å². The highest BCUT2D eigenvalue weighted by atomic mass is 16.5. The molecule has 3 nitrogen and oxygen atoms in total. The summed E-state index contributed by atoms with van der Waals surface area (Å²) < 4.78 is 11.2. The van der Waals surface area contributed by atoms with Crippen molar-refractivity contribution in [3.8, 4) is 5.75 Å². The molecular weight excluding hydrogens is 240 g/mol. The van der Waals surface area contributed by atoms with Crippen molar-refractivity contribution in [2.24, 2.45) is 0 Å². The van der Waals surface area contributed by atoms with Crippen LogP contribution in [-0.2, 0) is 17.6 Å². The zero-order chi connectivity index (χ0) is 13.2. The van der Waals surface area contributed by atoms with Crippen molar-refractivity contribution in [1.29, 1.82) is 0 Å². The molecule has 1 saturated heterocycles. The van der Waals surface area contributed by atoms with E-state index in [9.17, 15) is 5.11 Å². The Morgan fingerprint density at radius 1 is 1.37 bits per heavy atom. The predicted octanol–water partition coefficient (Wildman–Crippen LogP) is 2.48. The van der Waals surface area contributed by atoms with E-state index in [-0.39, 0.29) is 12.2 Å². The molecule has 2 aliphatic heterocycles. The van der Waals surface area contributed by atoms with Gasteiger partial charge in [-0.25, -0.2) is 0 Å². The van der Waals surface area contributed by atoms with Crippen molar-refractivity contribution in [2.75, 3.05) is 6.61 Å². The molecule has 0 bridgehead atoms. The van der Waals surface area contributed by atoms with Gasteiger partial charge in [-0.2, -0.15) is 0 Å². The lowest BCUT2D eigenvalue weighted by Gasteiger charge is -2.18. The number of rotatable bonds is 4. The van der Waals surface area contributed by atoms with Crippen molar-refractivity contribution in [3.05, 3.63) is 29.3 Å². The fourth-order valence-electron chi connectivity index (χ4n) is 3.01. The topological polar surface area (TPSA) is 38.7 Å². The Morgan fingerprint density at radius 3 is 3.05 bits per heavy atom. The van der Waals surface area contributed by atoms with Crippen LogP contribution in [-0.4, -0.2) is 30.0 Å². The molecule has 0 aromatic heterocycles. The smallest absolute Gasteiger partial charge is 0.122 e. The molecule has 1 fully saturated rings. The maximum Gasteiger partial charge on any atom is 0.122 e. The molecule has 1 aromatic rings. The molecule has 0 radical (unpaired) electrons. The number of benzene rings is 1. The van der Waals surface area contributed by atoms with Gasteiger partial charge in [-0.3, -0.25) is 0 Å². The molecule has 0 amide bonds. The molecule has 0 spiro atoms. The maximum absolute atomic E-state index is 10.2. The van der Waals surface area contributed by atoms with E-state index in [0.717, 1.165) is 44.5 Å². The van der Waals surface area contributed by atoms with E-state index in [0.29, 0.717) is 6.10 Å². The third-order valence-corrected chi connectivity index (χ3v) is 4.18. The highest BCUT2D eigenvalue weighted by Crippen LogP contribution is 2.27. The Labute approximate surface area is 114 Å². The van der Waals surface area contributed by atoms with Gasteiger partial charge in [0.05, 0.1) is 24.9 Å². The lowest BCUT2D eigenvalue weighted by atomic mass is 10.00. The standard InChI is InChI=1S/C16H22O3/c1-11-2-6-16(19-11)14(17)5-3-12-4-7-15-13(10-12)8-9-18-15/h4,7,10-11,14,16-17H,2-3,5-6,8-9H2,1H3. The quantitative estimate of drug-likeness (QED) is 0.906. The Balaban J connectivity index is 1.54. The predicted molar refractivity (Wildman–Crippen MR) is 73.5 cm³/mol. The number of aryl methyl sites for hydroxylation is 1. The molecular formula is C16H22O3. The van der Waals surface area contributed by atoms with Gasteiger partial charge in [0.15, 0.2) is 0 Å². The van der Waals surface area contributed by atoms with Crippen LogP contribution in [0.15, 0.2) is 18.2 Å². The number of hydrogen-bond acceptors (Lipinski definition) is 3. The van der Waals surface area contributed by atoms with Gasteiger partial charge < -0.3 is 14.6 Å². The molecule has 0 saturated carbocycles. The second kappa shape index (κ2) is 5.51. The van der Waals surface area contributed by atoms with E-state index in [1.165, 1.54) is 11.1 Å². The van der Waals surface area contributed by atoms with E-state index < -0.39 is 0 Å². The SMILES string of the molecule is CC1CCC(C(O)CCc2ccc3c(c2)CCO3)O1. The van der Waals surface area contributed by atoms with Gasteiger partial charge in [0, 0.05) is 6.42 Å². The summed E-state index contributed by atoms with van der Waals surface area (Å²) in [7, 11) is 0. The summed E-state index contributed by atoms with van der Waals surface area (Å²) in [5, 5.41) is 10.2. The summed E-state index contributed by atoms with van der Waals surface area (Å²) in [6.45, 7) is 2.88. The summed E-state index contributed by atoms with van der Waals surface area (Å²) in [4.78, 5) is 0. The summed E-state index contributed by atoms with van der Waals surface area (Å²) in [5.74, 6) is 1.03. The van der Waals surface area contributed by atoms with Crippen LogP contribution >= 0.6 is 0 Å². The van der Waals surface area contributed by atoms with Crippen molar-refractivity contribution < 1.29 is 14.6 Å². The van der Waals surface area contributed by atoms with Crippen molar-refractivity contribution in [1.82, 2.24) is 0 Å². The summed E-state index contributed by atoms with van der Waals surface area (Å²) >= 11 is 0. The number of hydrogen-bond donors (Lipinski definition) is 1. The van der Waals surface area contributed by atoms with E-state index in [4.69, 9.17) is 9.47 Å². The third-order valence-electron chi connectivity index (χ3n) is 4.18. The summed E-state index contributed by atoms with van der Waals surface area (Å²) in [5.41, 5.74) is 2.59. The number of ether oxygens (including phenoxy) is 2. The normalized spacial score (nSPS) is 27.1. The number of fused-ring (bicyclic) bond motifs is 1. The second-order valence-corrected chi connectivity index (χ2v) is 5.71. The molecule has 3 atom stereocenters. The van der Waals surface area contributed by atoms with Crippen LogP contribution in [0.1, 0.15) is 37.3 Å². The first-order valence-corrected chi connectivity index (χ1v) is 7.30. The minimum absolute atomic E-state index is 0.0350. The Kier molecular flexibility index (Phi) is 3.76. The minimum Gasteiger partial charge on any atom is -0.493 e. The molecule has 0 aliphatic carbocycles. The van der Waals surface area contributed by atoms with Crippen LogP contribution in [0.25, 0.3) is 0 Å². The Morgan fingerprint density at radius 2 is 2.26 bits per heavy atom. The zero-order valence-corrected chi connectivity index (χ0v) is 11.5. The summed E-state index contributed by atoms with van der Waals surface area (Å²) in [6, 6.07) is 6.38. The van der Waals surface area contributed by atoms with Crippen LogP contribution in [0.4, 0.5) is 0 Å². The van der Waals surface area contributed by atoms with Crippen LogP contribution in [0, 0.1) is 0 Å².